The van der Waals surface area contributed by atoms with Crippen LogP contribution < -0.4 is 15.1 Å². The molecule has 3 N–H and O–H groups in total. The minimum atomic E-state index is 0.120. The van der Waals surface area contributed by atoms with E-state index in [0.29, 0.717) is 6.54 Å². The smallest absolute Gasteiger partial charge is 0.279 e. The van der Waals surface area contributed by atoms with Gasteiger partial charge in [0.25, 0.3) is 5.91 Å². The summed E-state index contributed by atoms with van der Waals surface area (Å²) >= 11 is 0. The van der Waals surface area contributed by atoms with Crippen LogP contribution in [0.4, 0.5) is 5.69 Å². The molecule has 1 amide bonds. The zero-order valence-electron chi connectivity index (χ0n) is 15.1. The number of amides is 1. The lowest BCUT2D eigenvalue weighted by molar-refractivity contribution is -1.02. The molecule has 1 fully saturated rings. The molecule has 0 bridgehead atoms. The average Bonchev–Trinajstić information content (AvgIpc) is 2.64. The largest absolute Gasteiger partial charge is 0.322 e. The van der Waals surface area contributed by atoms with Crippen LogP contribution in [0.3, 0.4) is 0 Å². The number of quaternary nitrogens is 2. The molecule has 132 valence electrons. The van der Waals surface area contributed by atoms with Gasteiger partial charge in [0.2, 0.25) is 0 Å². The van der Waals surface area contributed by atoms with E-state index in [1.54, 1.807) is 4.90 Å². The third-order valence-corrected chi connectivity index (χ3v) is 4.99. The first-order valence-electron chi connectivity index (χ1n) is 9.33. The molecule has 4 heteroatoms. The van der Waals surface area contributed by atoms with Crippen LogP contribution in [0, 0.1) is 0 Å². The lowest BCUT2D eigenvalue weighted by Gasteiger charge is -2.29. The molecule has 0 aliphatic carbocycles. The number of benzene rings is 2. The standard InChI is InChI=1S/C21H27N3O/c1-2-18-9-6-10-20(15-18)22-21(25)17-24-13-11-23(12-14-24)16-19-7-4-3-5-8-19/h3-10,15H,2,11-14,16-17H2,1H3,(H,22,25)/p+2. The molecule has 0 aromatic heterocycles. The number of hydrogen-bond acceptors (Lipinski definition) is 1. The zero-order chi connectivity index (χ0) is 17.5. The summed E-state index contributed by atoms with van der Waals surface area (Å²) in [5, 5.41) is 3.05. The molecule has 1 heterocycles. The van der Waals surface area contributed by atoms with Crippen molar-refractivity contribution >= 4 is 11.6 Å². The van der Waals surface area contributed by atoms with E-state index < -0.39 is 0 Å². The van der Waals surface area contributed by atoms with Crippen LogP contribution in [0.1, 0.15) is 18.1 Å². The third kappa shape index (κ3) is 5.41. The van der Waals surface area contributed by atoms with Crippen molar-refractivity contribution < 1.29 is 14.6 Å². The first-order valence-corrected chi connectivity index (χ1v) is 9.33. The van der Waals surface area contributed by atoms with Crippen LogP contribution in [-0.2, 0) is 17.8 Å². The average molecular weight is 339 g/mol. The van der Waals surface area contributed by atoms with Gasteiger partial charge in [-0.25, -0.2) is 0 Å². The van der Waals surface area contributed by atoms with Crippen molar-refractivity contribution in [3.8, 4) is 0 Å². The molecular formula is C21H29N3O+2. The van der Waals surface area contributed by atoms with Crippen LogP contribution in [0.2, 0.25) is 0 Å². The summed E-state index contributed by atoms with van der Waals surface area (Å²) in [7, 11) is 0. The van der Waals surface area contributed by atoms with E-state index in [1.807, 2.05) is 12.1 Å². The van der Waals surface area contributed by atoms with Crippen LogP contribution in [0.15, 0.2) is 54.6 Å². The van der Waals surface area contributed by atoms with Crippen molar-refractivity contribution in [2.45, 2.75) is 19.9 Å². The van der Waals surface area contributed by atoms with Crippen molar-refractivity contribution in [2.24, 2.45) is 0 Å². The van der Waals surface area contributed by atoms with Gasteiger partial charge in [-0.05, 0) is 24.1 Å². The number of hydrogen-bond donors (Lipinski definition) is 3. The van der Waals surface area contributed by atoms with Gasteiger partial charge in [0.15, 0.2) is 6.54 Å². The second-order valence-electron chi connectivity index (χ2n) is 6.94. The Morgan fingerprint density at radius 3 is 2.32 bits per heavy atom. The Kier molecular flexibility index (Phi) is 6.20. The summed E-state index contributed by atoms with van der Waals surface area (Å²) in [6.45, 7) is 8.16. The van der Waals surface area contributed by atoms with Gasteiger partial charge in [-0.1, -0.05) is 49.4 Å². The number of aryl methyl sites for hydroxylation is 1. The first kappa shape index (κ1) is 17.6. The Bertz CT molecular complexity index is 679. The normalized spacial score (nSPS) is 20.2. The van der Waals surface area contributed by atoms with Gasteiger partial charge in [-0.2, -0.15) is 0 Å². The number of anilines is 1. The number of rotatable bonds is 6. The Morgan fingerprint density at radius 1 is 0.920 bits per heavy atom. The lowest BCUT2D eigenvalue weighted by Crippen LogP contribution is -3.28. The van der Waals surface area contributed by atoms with E-state index in [1.165, 1.54) is 16.0 Å². The molecule has 0 radical (unpaired) electrons. The SMILES string of the molecule is CCc1cccc(NC(=O)C[NH+]2CC[NH+](Cc3ccccc3)CC2)c1. The van der Waals surface area contributed by atoms with Crippen molar-refractivity contribution in [2.75, 3.05) is 38.0 Å². The van der Waals surface area contributed by atoms with E-state index in [4.69, 9.17) is 0 Å². The molecule has 1 saturated heterocycles. The Balaban J connectivity index is 1.43. The molecule has 0 spiro atoms. The van der Waals surface area contributed by atoms with Gasteiger partial charge in [-0.3, -0.25) is 4.79 Å². The molecule has 0 unspecified atom stereocenters. The molecule has 3 rings (SSSR count). The lowest BCUT2D eigenvalue weighted by atomic mass is 10.1. The van der Waals surface area contributed by atoms with Gasteiger partial charge >= 0.3 is 0 Å². The van der Waals surface area contributed by atoms with Crippen molar-refractivity contribution in [3.05, 3.63) is 65.7 Å². The highest BCUT2D eigenvalue weighted by molar-refractivity contribution is 5.91. The van der Waals surface area contributed by atoms with Crippen LogP contribution >= 0.6 is 0 Å². The van der Waals surface area contributed by atoms with Gasteiger partial charge in [0.1, 0.15) is 32.7 Å². The van der Waals surface area contributed by atoms with E-state index in [9.17, 15) is 4.79 Å². The number of carbonyl (C=O) groups excluding carboxylic acids is 1. The van der Waals surface area contributed by atoms with Crippen LogP contribution in [-0.4, -0.2) is 38.6 Å². The minimum Gasteiger partial charge on any atom is -0.322 e. The molecule has 4 nitrogen and oxygen atoms in total. The summed E-state index contributed by atoms with van der Waals surface area (Å²) in [4.78, 5) is 15.3. The summed E-state index contributed by atoms with van der Waals surface area (Å²) in [5.74, 6) is 0.120. The number of nitrogens with one attached hydrogen (secondary N) is 3. The fourth-order valence-electron chi connectivity index (χ4n) is 3.50. The summed E-state index contributed by atoms with van der Waals surface area (Å²) < 4.78 is 0. The molecule has 1 aliphatic heterocycles. The van der Waals surface area contributed by atoms with Crippen molar-refractivity contribution in [1.82, 2.24) is 0 Å². The van der Waals surface area contributed by atoms with E-state index in [-0.39, 0.29) is 5.91 Å². The van der Waals surface area contributed by atoms with E-state index in [2.05, 4.69) is 54.7 Å². The highest BCUT2D eigenvalue weighted by atomic mass is 16.2. The van der Waals surface area contributed by atoms with E-state index >= 15 is 0 Å². The monoisotopic (exact) mass is 339 g/mol. The molecule has 1 aliphatic rings. The third-order valence-electron chi connectivity index (χ3n) is 4.99. The fourth-order valence-corrected chi connectivity index (χ4v) is 3.50. The number of carbonyl (C=O) groups is 1. The van der Waals surface area contributed by atoms with Gasteiger partial charge in [0.05, 0.1) is 0 Å². The van der Waals surface area contributed by atoms with E-state index in [0.717, 1.165) is 44.8 Å². The second kappa shape index (κ2) is 8.79. The zero-order valence-corrected chi connectivity index (χ0v) is 15.1. The highest BCUT2D eigenvalue weighted by Gasteiger charge is 2.24. The quantitative estimate of drug-likeness (QED) is 0.690. The summed E-state index contributed by atoms with van der Waals surface area (Å²) in [6, 6.07) is 18.8. The number of piperazine rings is 1. The first-order chi connectivity index (χ1) is 12.2. The minimum absolute atomic E-state index is 0.120. The Morgan fingerprint density at radius 2 is 1.60 bits per heavy atom. The highest BCUT2D eigenvalue weighted by Crippen LogP contribution is 2.10. The molecule has 25 heavy (non-hydrogen) atoms. The van der Waals surface area contributed by atoms with Crippen LogP contribution in [0.25, 0.3) is 0 Å². The maximum absolute atomic E-state index is 12.3. The van der Waals surface area contributed by atoms with Crippen molar-refractivity contribution in [1.29, 1.82) is 0 Å². The molecule has 0 saturated carbocycles. The van der Waals surface area contributed by atoms with Gasteiger partial charge in [-0.15, -0.1) is 0 Å². The predicted octanol–water partition coefficient (Wildman–Crippen LogP) is 0.171. The predicted molar refractivity (Wildman–Crippen MR) is 101 cm³/mol. The summed E-state index contributed by atoms with van der Waals surface area (Å²) in [6.07, 6.45) is 0.987. The fraction of sp³-hybridized carbons (Fsp3) is 0.381. The topological polar surface area (TPSA) is 38.0 Å². The maximum Gasteiger partial charge on any atom is 0.279 e. The molecule has 0 atom stereocenters. The maximum atomic E-state index is 12.3. The van der Waals surface area contributed by atoms with Crippen LogP contribution in [0.5, 0.6) is 0 Å². The summed E-state index contributed by atoms with van der Waals surface area (Å²) in [5.41, 5.74) is 3.56. The second-order valence-corrected chi connectivity index (χ2v) is 6.94. The molecule has 2 aromatic carbocycles. The molecular weight excluding hydrogens is 310 g/mol. The van der Waals surface area contributed by atoms with Gasteiger partial charge < -0.3 is 15.1 Å². The van der Waals surface area contributed by atoms with Crippen molar-refractivity contribution in [3.63, 3.8) is 0 Å². The molecule has 2 aromatic rings. The van der Waals surface area contributed by atoms with Gasteiger partial charge in [0, 0.05) is 11.3 Å². The Labute approximate surface area is 150 Å². The Hall–Kier alpha value is -2.17.